The van der Waals surface area contributed by atoms with E-state index in [2.05, 4.69) is 17.7 Å². The molecule has 142 valence electrons. The Morgan fingerprint density at radius 2 is 2.08 bits per heavy atom. The van der Waals surface area contributed by atoms with Gasteiger partial charge in [-0.05, 0) is 57.7 Å². The molecule has 1 saturated heterocycles. The van der Waals surface area contributed by atoms with Gasteiger partial charge in [-0.15, -0.1) is 0 Å². The van der Waals surface area contributed by atoms with Gasteiger partial charge in [0.25, 0.3) is 11.8 Å². The zero-order valence-electron chi connectivity index (χ0n) is 15.5. The van der Waals surface area contributed by atoms with Gasteiger partial charge in [0, 0.05) is 0 Å². The molecule has 26 heavy (non-hydrogen) atoms. The minimum Gasteiger partial charge on any atom is -0.465 e. The minimum atomic E-state index is -0.853. The van der Waals surface area contributed by atoms with Crippen molar-refractivity contribution in [2.75, 3.05) is 13.6 Å². The summed E-state index contributed by atoms with van der Waals surface area (Å²) in [5, 5.41) is 3.62. The molecule has 1 aromatic rings. The quantitative estimate of drug-likeness (QED) is 0.775. The normalized spacial score (nSPS) is 25.8. The molecule has 0 unspecified atom stereocenters. The average molecular weight is 362 g/mol. The summed E-state index contributed by atoms with van der Waals surface area (Å²) in [4.78, 5) is 38.9. The molecule has 0 bridgehead atoms. The van der Waals surface area contributed by atoms with E-state index in [4.69, 9.17) is 4.42 Å². The molecule has 8 nitrogen and oxygen atoms in total. The van der Waals surface area contributed by atoms with E-state index in [-0.39, 0.29) is 12.5 Å². The van der Waals surface area contributed by atoms with Gasteiger partial charge in [-0.1, -0.05) is 6.92 Å². The summed E-state index contributed by atoms with van der Waals surface area (Å²) in [7, 11) is 1.77. The summed E-state index contributed by atoms with van der Waals surface area (Å²) < 4.78 is 5.49. The minimum absolute atomic E-state index is 0.0425. The van der Waals surface area contributed by atoms with E-state index in [1.165, 1.54) is 0 Å². The zero-order valence-corrected chi connectivity index (χ0v) is 15.5. The van der Waals surface area contributed by atoms with E-state index in [0.717, 1.165) is 29.4 Å². The highest BCUT2D eigenvalue weighted by molar-refractivity contribution is 6.08. The highest BCUT2D eigenvalue weighted by atomic mass is 16.3. The Labute approximate surface area is 152 Å². The van der Waals surface area contributed by atoms with Gasteiger partial charge in [0.05, 0.1) is 13.1 Å². The van der Waals surface area contributed by atoms with Crippen molar-refractivity contribution in [3.63, 3.8) is 0 Å². The Hall–Kier alpha value is -2.35. The van der Waals surface area contributed by atoms with Crippen molar-refractivity contribution in [1.82, 2.24) is 20.7 Å². The molecule has 4 amide bonds. The van der Waals surface area contributed by atoms with Crippen LogP contribution in [0.5, 0.6) is 0 Å². The van der Waals surface area contributed by atoms with Crippen molar-refractivity contribution in [2.45, 2.75) is 51.6 Å². The van der Waals surface area contributed by atoms with Gasteiger partial charge in [-0.3, -0.25) is 19.9 Å². The zero-order chi connectivity index (χ0) is 18.9. The van der Waals surface area contributed by atoms with Crippen LogP contribution in [0.4, 0.5) is 4.79 Å². The van der Waals surface area contributed by atoms with E-state index >= 15 is 0 Å². The lowest BCUT2D eigenvalue weighted by Gasteiger charge is -2.33. The van der Waals surface area contributed by atoms with Crippen molar-refractivity contribution < 1.29 is 18.8 Å². The van der Waals surface area contributed by atoms with E-state index in [9.17, 15) is 14.4 Å². The van der Waals surface area contributed by atoms with Gasteiger partial charge < -0.3 is 9.73 Å². The van der Waals surface area contributed by atoms with Crippen molar-refractivity contribution >= 4 is 17.8 Å². The van der Waals surface area contributed by atoms with Crippen molar-refractivity contribution in [2.24, 2.45) is 5.92 Å². The molecule has 1 aliphatic carbocycles. The molecule has 0 atom stereocenters. The van der Waals surface area contributed by atoms with E-state index in [0.29, 0.717) is 25.3 Å². The van der Waals surface area contributed by atoms with Gasteiger partial charge in [-0.2, -0.15) is 5.01 Å². The van der Waals surface area contributed by atoms with Crippen LogP contribution in [0.1, 0.15) is 44.1 Å². The van der Waals surface area contributed by atoms with E-state index in [1.807, 2.05) is 19.1 Å². The second-order valence-electron chi connectivity index (χ2n) is 7.55. The third kappa shape index (κ3) is 3.75. The lowest BCUT2D eigenvalue weighted by atomic mass is 9.77. The first-order valence-electron chi connectivity index (χ1n) is 8.99. The maximum atomic E-state index is 12.7. The molecule has 1 aromatic heterocycles. The maximum absolute atomic E-state index is 12.7. The van der Waals surface area contributed by atoms with Gasteiger partial charge >= 0.3 is 6.03 Å². The number of hydrogen-bond donors (Lipinski definition) is 2. The van der Waals surface area contributed by atoms with Crippen LogP contribution in [0.3, 0.4) is 0 Å². The Kier molecular flexibility index (Phi) is 5.04. The molecule has 1 aliphatic heterocycles. The number of hydrazine groups is 1. The highest BCUT2D eigenvalue weighted by Gasteiger charge is 2.52. The van der Waals surface area contributed by atoms with Gasteiger partial charge in [0.15, 0.2) is 0 Å². The van der Waals surface area contributed by atoms with Crippen LogP contribution >= 0.6 is 0 Å². The van der Waals surface area contributed by atoms with Crippen molar-refractivity contribution in [1.29, 1.82) is 0 Å². The number of furan rings is 1. The number of likely N-dealkylation sites (N-methyl/N-ethyl adjacent to an activating group) is 1. The molecule has 8 heteroatoms. The van der Waals surface area contributed by atoms with Gasteiger partial charge in [-0.25, -0.2) is 4.79 Å². The molecule has 2 fully saturated rings. The number of urea groups is 1. The first-order chi connectivity index (χ1) is 12.3. The fourth-order valence-corrected chi connectivity index (χ4v) is 3.61. The molecular formula is C18H26N4O4. The average Bonchev–Trinajstić information content (AvgIpc) is 3.07. The van der Waals surface area contributed by atoms with Crippen LogP contribution in [0, 0.1) is 12.8 Å². The van der Waals surface area contributed by atoms with E-state index < -0.39 is 17.5 Å². The highest BCUT2D eigenvalue weighted by Crippen LogP contribution is 2.35. The van der Waals surface area contributed by atoms with Crippen LogP contribution in [0.15, 0.2) is 16.5 Å². The number of nitrogens with one attached hydrogen (secondary N) is 2. The monoisotopic (exact) mass is 362 g/mol. The summed E-state index contributed by atoms with van der Waals surface area (Å²) >= 11 is 0. The Bertz CT molecular complexity index is 706. The summed E-state index contributed by atoms with van der Waals surface area (Å²) in [6, 6.07) is 3.16. The Morgan fingerprint density at radius 3 is 2.69 bits per heavy atom. The number of rotatable bonds is 5. The lowest BCUT2D eigenvalue weighted by Crippen LogP contribution is -2.52. The molecule has 1 saturated carbocycles. The third-order valence-corrected chi connectivity index (χ3v) is 5.16. The summed E-state index contributed by atoms with van der Waals surface area (Å²) in [6.45, 7) is 4.50. The second kappa shape index (κ2) is 7.11. The molecule has 0 aromatic carbocycles. The molecule has 2 N–H and O–H groups in total. The number of carbonyl (C=O) groups is 3. The first-order valence-corrected chi connectivity index (χ1v) is 8.99. The fraction of sp³-hybridized carbons (Fsp3) is 0.611. The molecule has 2 aliphatic rings. The predicted octanol–water partition coefficient (Wildman–Crippen LogP) is 1.55. The largest absolute Gasteiger partial charge is 0.465 e. The van der Waals surface area contributed by atoms with E-state index in [1.54, 1.807) is 11.9 Å². The fourth-order valence-electron chi connectivity index (χ4n) is 3.61. The van der Waals surface area contributed by atoms with Crippen LogP contribution in [-0.4, -0.2) is 46.9 Å². The van der Waals surface area contributed by atoms with Gasteiger partial charge in [0.1, 0.15) is 17.1 Å². The van der Waals surface area contributed by atoms with Crippen LogP contribution in [0.25, 0.3) is 0 Å². The topological polar surface area (TPSA) is 94.9 Å². The second-order valence-corrected chi connectivity index (χ2v) is 7.55. The van der Waals surface area contributed by atoms with Crippen LogP contribution in [-0.2, 0) is 16.1 Å². The SMILES string of the molecule is Cc1ccc(CN(C)CC(=O)NN2C(=O)NC3(CCC(C)CC3)C2=O)o1. The standard InChI is InChI=1S/C18H26N4O4/c1-12-6-8-18(9-7-12)16(24)22(17(25)19-18)20-15(23)11-21(3)10-14-5-4-13(2)26-14/h4-5,12H,6-11H2,1-3H3,(H,19,25)(H,20,23). The maximum Gasteiger partial charge on any atom is 0.344 e. The predicted molar refractivity (Wildman–Crippen MR) is 93.7 cm³/mol. The Balaban J connectivity index is 1.55. The van der Waals surface area contributed by atoms with Crippen LogP contribution < -0.4 is 10.7 Å². The lowest BCUT2D eigenvalue weighted by molar-refractivity contribution is -0.140. The number of imide groups is 1. The van der Waals surface area contributed by atoms with Crippen molar-refractivity contribution in [3.05, 3.63) is 23.7 Å². The molecule has 3 rings (SSSR count). The molecular weight excluding hydrogens is 336 g/mol. The number of nitrogens with zero attached hydrogens (tertiary/aromatic N) is 2. The van der Waals surface area contributed by atoms with Gasteiger partial charge in [0.2, 0.25) is 0 Å². The molecule has 2 heterocycles. The van der Waals surface area contributed by atoms with Crippen molar-refractivity contribution in [3.8, 4) is 0 Å². The first kappa shape index (κ1) is 18.4. The molecule has 1 spiro atoms. The number of aryl methyl sites for hydroxylation is 1. The third-order valence-electron chi connectivity index (χ3n) is 5.16. The summed E-state index contributed by atoms with van der Waals surface area (Å²) in [6.07, 6.45) is 3.00. The number of carbonyl (C=O) groups excluding carboxylic acids is 3. The summed E-state index contributed by atoms with van der Waals surface area (Å²) in [5.74, 6) is 1.34. The summed E-state index contributed by atoms with van der Waals surface area (Å²) in [5.41, 5.74) is 1.59. The smallest absolute Gasteiger partial charge is 0.344 e. The Morgan fingerprint density at radius 1 is 1.38 bits per heavy atom. The number of amides is 4. The molecule has 0 radical (unpaired) electrons. The number of hydrogen-bond acceptors (Lipinski definition) is 5. The van der Waals surface area contributed by atoms with Crippen LogP contribution in [0.2, 0.25) is 0 Å².